The van der Waals surface area contributed by atoms with Crippen molar-refractivity contribution in [2.24, 2.45) is 0 Å². The Labute approximate surface area is 190 Å². The third-order valence-electron chi connectivity index (χ3n) is 5.04. The molecule has 0 unspecified atom stereocenters. The highest BCUT2D eigenvalue weighted by molar-refractivity contribution is 7.99. The number of para-hydroxylation sites is 1. The Morgan fingerprint density at radius 2 is 1.75 bits per heavy atom. The van der Waals surface area contributed by atoms with Crippen molar-refractivity contribution in [1.29, 1.82) is 0 Å². The molecule has 8 heteroatoms. The maximum atomic E-state index is 13.0. The Morgan fingerprint density at radius 1 is 1.00 bits per heavy atom. The van der Waals surface area contributed by atoms with Gasteiger partial charge in [-0.05, 0) is 50.2 Å². The smallest absolute Gasteiger partial charge is 0.221 e. The van der Waals surface area contributed by atoms with E-state index in [9.17, 15) is 9.59 Å². The lowest BCUT2D eigenvalue weighted by molar-refractivity contribution is -0.114. The number of carbonyl (C=O) groups is 2. The fourth-order valence-electron chi connectivity index (χ4n) is 3.66. The minimum absolute atomic E-state index is 0.0341. The Kier molecular flexibility index (Phi) is 6.23. The van der Waals surface area contributed by atoms with Gasteiger partial charge >= 0.3 is 0 Å². The van der Waals surface area contributed by atoms with E-state index >= 15 is 0 Å². The predicted octanol–water partition coefficient (Wildman–Crippen LogP) is 4.61. The molecule has 0 saturated heterocycles. The van der Waals surface area contributed by atoms with Gasteiger partial charge < -0.3 is 9.88 Å². The molecule has 4 aromatic rings. The number of carbonyl (C=O) groups excluding carboxylic acids is 2. The lowest BCUT2D eigenvalue weighted by Gasteiger charge is -2.10. The van der Waals surface area contributed by atoms with E-state index in [2.05, 4.69) is 20.1 Å². The molecule has 7 nitrogen and oxygen atoms in total. The molecular formula is C24H23N5O2S. The first-order valence-corrected chi connectivity index (χ1v) is 11.1. The monoisotopic (exact) mass is 445 g/mol. The molecule has 1 amide bonds. The van der Waals surface area contributed by atoms with Crippen LogP contribution in [0.2, 0.25) is 0 Å². The number of hydrogen-bond acceptors (Lipinski definition) is 5. The summed E-state index contributed by atoms with van der Waals surface area (Å²) in [7, 11) is 0. The van der Waals surface area contributed by atoms with Gasteiger partial charge in [-0.1, -0.05) is 36.0 Å². The molecule has 0 aliphatic heterocycles. The first-order chi connectivity index (χ1) is 15.4. The number of aromatic nitrogens is 4. The van der Waals surface area contributed by atoms with Crippen molar-refractivity contribution in [3.05, 3.63) is 83.9 Å². The molecule has 2 heterocycles. The number of amides is 1. The zero-order valence-electron chi connectivity index (χ0n) is 18.1. The summed E-state index contributed by atoms with van der Waals surface area (Å²) < 4.78 is 3.89. The lowest BCUT2D eigenvalue weighted by Crippen LogP contribution is -2.07. The van der Waals surface area contributed by atoms with Gasteiger partial charge in [0.1, 0.15) is 6.33 Å². The normalized spacial score (nSPS) is 10.8. The molecule has 0 radical (unpaired) electrons. The number of aryl methyl sites for hydroxylation is 1. The summed E-state index contributed by atoms with van der Waals surface area (Å²) in [5.74, 6) is 0.134. The molecule has 2 aromatic heterocycles. The zero-order valence-corrected chi connectivity index (χ0v) is 18.9. The maximum absolute atomic E-state index is 13.0. The van der Waals surface area contributed by atoms with Crippen molar-refractivity contribution in [1.82, 2.24) is 19.3 Å². The molecule has 0 aliphatic rings. The molecule has 2 aromatic carbocycles. The number of hydrogen-bond donors (Lipinski definition) is 1. The highest BCUT2D eigenvalue weighted by Gasteiger charge is 2.18. The number of thioether (sulfide) groups is 1. The fraction of sp³-hybridized carbons (Fsp3) is 0.167. The summed E-state index contributed by atoms with van der Waals surface area (Å²) in [4.78, 5) is 24.4. The largest absolute Gasteiger partial charge is 0.326 e. The van der Waals surface area contributed by atoms with Crippen LogP contribution in [0.15, 0.2) is 72.1 Å². The van der Waals surface area contributed by atoms with Gasteiger partial charge in [0.2, 0.25) is 5.91 Å². The number of anilines is 1. The van der Waals surface area contributed by atoms with Crippen LogP contribution >= 0.6 is 11.8 Å². The number of Topliss-reactive ketones (excluding diaryl/α,β-unsaturated/α-hetero) is 1. The quantitative estimate of drug-likeness (QED) is 0.332. The first-order valence-electron chi connectivity index (χ1n) is 10.1. The summed E-state index contributed by atoms with van der Waals surface area (Å²) in [5.41, 5.74) is 5.16. The van der Waals surface area contributed by atoms with E-state index in [4.69, 9.17) is 0 Å². The van der Waals surface area contributed by atoms with Crippen LogP contribution < -0.4 is 5.32 Å². The standard InChI is InChI=1S/C24H23N5O2S/c1-16-12-22(17(2)29(16)20-9-5-4-6-10-20)23(31)14-32-24-27-25-15-28(24)21-11-7-8-19(13-21)26-18(3)30/h4-13,15H,14H2,1-3H3,(H,26,30). The van der Waals surface area contributed by atoms with Gasteiger partial charge in [0.15, 0.2) is 10.9 Å². The first kappa shape index (κ1) is 21.6. The van der Waals surface area contributed by atoms with E-state index in [-0.39, 0.29) is 17.4 Å². The summed E-state index contributed by atoms with van der Waals surface area (Å²) in [6, 6.07) is 19.3. The molecule has 0 saturated carbocycles. The van der Waals surface area contributed by atoms with Crippen molar-refractivity contribution in [2.45, 2.75) is 25.9 Å². The van der Waals surface area contributed by atoms with Crippen molar-refractivity contribution >= 4 is 29.1 Å². The van der Waals surface area contributed by atoms with Crippen LogP contribution in [0.4, 0.5) is 5.69 Å². The molecule has 162 valence electrons. The summed E-state index contributed by atoms with van der Waals surface area (Å²) in [6.45, 7) is 5.43. The number of ketones is 1. The Bertz CT molecular complexity index is 1280. The second-order valence-corrected chi connectivity index (χ2v) is 8.33. The average molecular weight is 446 g/mol. The van der Waals surface area contributed by atoms with E-state index in [0.717, 1.165) is 22.8 Å². The highest BCUT2D eigenvalue weighted by Crippen LogP contribution is 2.25. The SMILES string of the molecule is CC(=O)Nc1cccc(-n2cnnc2SCC(=O)c2cc(C)n(-c3ccccc3)c2C)c1. The average Bonchev–Trinajstić information content (AvgIpc) is 3.36. The van der Waals surface area contributed by atoms with E-state index in [1.807, 2.05) is 74.5 Å². The maximum Gasteiger partial charge on any atom is 0.221 e. The van der Waals surface area contributed by atoms with Crippen molar-refractivity contribution in [3.63, 3.8) is 0 Å². The van der Waals surface area contributed by atoms with Crippen LogP contribution in [0.3, 0.4) is 0 Å². The molecule has 32 heavy (non-hydrogen) atoms. The van der Waals surface area contributed by atoms with E-state index < -0.39 is 0 Å². The number of rotatable bonds is 7. The summed E-state index contributed by atoms with van der Waals surface area (Å²) in [6.07, 6.45) is 1.60. The van der Waals surface area contributed by atoms with Crippen LogP contribution in [0.25, 0.3) is 11.4 Å². The van der Waals surface area contributed by atoms with Gasteiger partial charge in [-0.15, -0.1) is 10.2 Å². The van der Waals surface area contributed by atoms with Gasteiger partial charge in [-0.25, -0.2) is 0 Å². The van der Waals surface area contributed by atoms with E-state index in [0.29, 0.717) is 16.4 Å². The van der Waals surface area contributed by atoms with Crippen LogP contribution in [-0.2, 0) is 4.79 Å². The van der Waals surface area contributed by atoms with Gasteiger partial charge in [0.05, 0.1) is 11.4 Å². The van der Waals surface area contributed by atoms with Crippen molar-refractivity contribution < 1.29 is 9.59 Å². The second-order valence-electron chi connectivity index (χ2n) is 7.38. The molecule has 0 aliphatic carbocycles. The van der Waals surface area contributed by atoms with Crippen molar-refractivity contribution in [2.75, 3.05) is 11.1 Å². The van der Waals surface area contributed by atoms with Gasteiger partial charge in [0.25, 0.3) is 0 Å². The molecule has 0 atom stereocenters. The summed E-state index contributed by atoms with van der Waals surface area (Å²) >= 11 is 1.33. The molecular weight excluding hydrogens is 422 g/mol. The van der Waals surface area contributed by atoms with Gasteiger partial charge in [-0.2, -0.15) is 0 Å². The molecule has 0 bridgehead atoms. The number of nitrogens with one attached hydrogen (secondary N) is 1. The molecule has 4 rings (SSSR count). The van der Waals surface area contributed by atoms with Crippen LogP contribution in [-0.4, -0.2) is 36.8 Å². The molecule has 0 fully saturated rings. The Hall–Kier alpha value is -3.65. The van der Waals surface area contributed by atoms with Crippen LogP contribution in [0.5, 0.6) is 0 Å². The number of benzene rings is 2. The third kappa shape index (κ3) is 4.50. The van der Waals surface area contributed by atoms with E-state index in [1.54, 1.807) is 10.9 Å². The predicted molar refractivity (Wildman–Crippen MR) is 126 cm³/mol. The highest BCUT2D eigenvalue weighted by atomic mass is 32.2. The van der Waals surface area contributed by atoms with Gasteiger partial charge in [-0.3, -0.25) is 14.2 Å². The minimum Gasteiger partial charge on any atom is -0.326 e. The zero-order chi connectivity index (χ0) is 22.7. The summed E-state index contributed by atoms with van der Waals surface area (Å²) in [5, 5.41) is 11.6. The fourth-order valence-corrected chi connectivity index (χ4v) is 4.48. The third-order valence-corrected chi connectivity index (χ3v) is 5.98. The van der Waals surface area contributed by atoms with Crippen LogP contribution in [0, 0.1) is 13.8 Å². The number of nitrogens with zero attached hydrogens (tertiary/aromatic N) is 4. The Balaban J connectivity index is 1.52. The molecule has 0 spiro atoms. The topological polar surface area (TPSA) is 81.8 Å². The lowest BCUT2D eigenvalue weighted by atomic mass is 10.2. The van der Waals surface area contributed by atoms with Gasteiger partial charge in [0, 0.05) is 35.2 Å². The van der Waals surface area contributed by atoms with Crippen LogP contribution in [0.1, 0.15) is 28.7 Å². The minimum atomic E-state index is -0.140. The molecule has 1 N–H and O–H groups in total. The second kappa shape index (κ2) is 9.23. The van der Waals surface area contributed by atoms with Crippen molar-refractivity contribution in [3.8, 4) is 11.4 Å². The Morgan fingerprint density at radius 3 is 2.50 bits per heavy atom. The van der Waals surface area contributed by atoms with E-state index in [1.165, 1.54) is 18.7 Å².